The highest BCUT2D eigenvalue weighted by Crippen LogP contribution is 2.22. The molecule has 3 aromatic rings. The number of rotatable bonds is 1. The molecule has 0 saturated heterocycles. The average molecular weight is 215 g/mol. The Morgan fingerprint density at radius 3 is 2.94 bits per heavy atom. The van der Waals surface area contributed by atoms with Crippen molar-refractivity contribution in [3.8, 4) is 11.5 Å². The molecule has 0 aliphatic rings. The van der Waals surface area contributed by atoms with Gasteiger partial charge in [0.15, 0.2) is 17.3 Å². The topological polar surface area (TPSA) is 93.6 Å². The molecule has 0 saturated carbocycles. The molecule has 2 heterocycles. The van der Waals surface area contributed by atoms with E-state index in [1.54, 1.807) is 0 Å². The van der Waals surface area contributed by atoms with E-state index in [4.69, 9.17) is 5.73 Å². The summed E-state index contributed by atoms with van der Waals surface area (Å²) in [6, 6.07) is 5.96. The maximum absolute atomic E-state index is 5.60. The Hall–Kier alpha value is -2.37. The lowest BCUT2D eigenvalue weighted by molar-refractivity contribution is 0.310. The quantitative estimate of drug-likeness (QED) is 0.641. The van der Waals surface area contributed by atoms with E-state index in [9.17, 15) is 0 Å². The van der Waals surface area contributed by atoms with Crippen molar-refractivity contribution in [1.82, 2.24) is 20.3 Å². The monoisotopic (exact) mass is 215 g/mol. The third-order valence-corrected chi connectivity index (χ3v) is 2.38. The van der Waals surface area contributed by atoms with E-state index in [1.165, 1.54) is 0 Å². The van der Waals surface area contributed by atoms with Gasteiger partial charge in [0, 0.05) is 0 Å². The van der Waals surface area contributed by atoms with Crippen LogP contribution in [0.25, 0.3) is 22.6 Å². The predicted molar refractivity (Wildman–Crippen MR) is 58.5 cm³/mol. The second-order valence-electron chi connectivity index (χ2n) is 3.60. The molecule has 3 rings (SSSR count). The number of nitrogens with zero attached hydrogens (tertiary/aromatic N) is 3. The van der Waals surface area contributed by atoms with Crippen molar-refractivity contribution in [2.75, 3.05) is 5.73 Å². The fourth-order valence-corrected chi connectivity index (χ4v) is 1.59. The van der Waals surface area contributed by atoms with Gasteiger partial charge in [-0.1, -0.05) is 6.07 Å². The molecule has 0 spiro atoms. The molecule has 16 heavy (non-hydrogen) atoms. The summed E-state index contributed by atoms with van der Waals surface area (Å²) >= 11 is 0. The van der Waals surface area contributed by atoms with Crippen molar-refractivity contribution in [2.45, 2.75) is 6.92 Å². The first-order valence-corrected chi connectivity index (χ1v) is 4.79. The van der Waals surface area contributed by atoms with E-state index in [2.05, 4.69) is 24.9 Å². The number of nitrogens with one attached hydrogen (secondary N) is 1. The predicted octanol–water partition coefficient (Wildman–Crippen LogP) is 1.50. The number of hydrogen-bond donors (Lipinski definition) is 2. The van der Waals surface area contributed by atoms with Crippen molar-refractivity contribution in [3.63, 3.8) is 0 Å². The van der Waals surface area contributed by atoms with Gasteiger partial charge in [0.25, 0.3) is 0 Å². The molecular formula is C10H9N5O. The Labute approximate surface area is 90.4 Å². The van der Waals surface area contributed by atoms with Crippen LogP contribution in [0.2, 0.25) is 0 Å². The molecule has 0 radical (unpaired) electrons. The fraction of sp³-hybridized carbons (Fsp3) is 0.100. The number of aryl methyl sites for hydroxylation is 1. The van der Waals surface area contributed by atoms with Gasteiger partial charge in [-0.05, 0) is 34.9 Å². The van der Waals surface area contributed by atoms with Gasteiger partial charge in [0.05, 0.1) is 11.0 Å². The highest BCUT2D eigenvalue weighted by atomic mass is 16.6. The van der Waals surface area contributed by atoms with E-state index < -0.39 is 0 Å². The van der Waals surface area contributed by atoms with Gasteiger partial charge in [-0.3, -0.25) is 0 Å². The largest absolute Gasteiger partial charge is 0.379 e. The summed E-state index contributed by atoms with van der Waals surface area (Å²) in [4.78, 5) is 7.49. The molecule has 0 fully saturated rings. The third-order valence-electron chi connectivity index (χ3n) is 2.38. The van der Waals surface area contributed by atoms with Gasteiger partial charge in [-0.25, -0.2) is 9.61 Å². The van der Waals surface area contributed by atoms with Gasteiger partial charge < -0.3 is 10.7 Å². The van der Waals surface area contributed by atoms with Crippen LogP contribution in [0.5, 0.6) is 0 Å². The minimum absolute atomic E-state index is 0.232. The number of nitrogens with two attached hydrogens (primary N) is 1. The maximum atomic E-state index is 5.60. The lowest BCUT2D eigenvalue weighted by Gasteiger charge is -1.88. The highest BCUT2D eigenvalue weighted by Gasteiger charge is 2.13. The lowest BCUT2D eigenvalue weighted by Crippen LogP contribution is -1.89. The van der Waals surface area contributed by atoms with Gasteiger partial charge in [0.2, 0.25) is 0 Å². The lowest BCUT2D eigenvalue weighted by atomic mass is 10.2. The van der Waals surface area contributed by atoms with Crippen LogP contribution in [-0.4, -0.2) is 20.3 Å². The smallest absolute Gasteiger partial charge is 0.199 e. The molecule has 6 heteroatoms. The van der Waals surface area contributed by atoms with Crippen molar-refractivity contribution in [1.29, 1.82) is 0 Å². The number of aromatic amines is 1. The average Bonchev–Trinajstić information content (AvgIpc) is 2.82. The molecule has 0 amide bonds. The summed E-state index contributed by atoms with van der Waals surface area (Å²) in [6.45, 7) is 2.01. The molecule has 0 atom stereocenters. The Bertz CT molecular complexity index is 654. The number of fused-ring (bicyclic) bond motifs is 1. The molecule has 0 bridgehead atoms. The van der Waals surface area contributed by atoms with Crippen LogP contribution in [0, 0.1) is 6.92 Å². The van der Waals surface area contributed by atoms with Crippen molar-refractivity contribution < 1.29 is 4.63 Å². The first kappa shape index (κ1) is 8.90. The number of anilines is 1. The van der Waals surface area contributed by atoms with Crippen LogP contribution in [0.3, 0.4) is 0 Å². The van der Waals surface area contributed by atoms with E-state index in [0.29, 0.717) is 11.5 Å². The molecule has 0 aliphatic heterocycles. The molecule has 0 unspecified atom stereocenters. The molecule has 80 valence electrons. The van der Waals surface area contributed by atoms with E-state index in [1.807, 2.05) is 25.1 Å². The second-order valence-corrected chi connectivity index (χ2v) is 3.60. The minimum Gasteiger partial charge on any atom is -0.379 e. The van der Waals surface area contributed by atoms with Crippen LogP contribution in [-0.2, 0) is 0 Å². The number of benzene rings is 1. The summed E-state index contributed by atoms with van der Waals surface area (Å²) in [5, 5.41) is 7.21. The maximum Gasteiger partial charge on any atom is 0.199 e. The van der Waals surface area contributed by atoms with Crippen molar-refractivity contribution >= 4 is 16.9 Å². The second kappa shape index (κ2) is 3.06. The van der Waals surface area contributed by atoms with Crippen LogP contribution in [0.4, 0.5) is 5.82 Å². The molecule has 2 aromatic heterocycles. The van der Waals surface area contributed by atoms with E-state index >= 15 is 0 Å². The SMILES string of the molecule is Cc1ccc2[nH]c(-c3nonc3N)nc2c1. The molecular weight excluding hydrogens is 206 g/mol. The summed E-state index contributed by atoms with van der Waals surface area (Å²) in [6.07, 6.45) is 0. The normalized spacial score (nSPS) is 11.1. The minimum atomic E-state index is 0.232. The number of H-pyrrole nitrogens is 1. The Balaban J connectivity index is 2.23. The third kappa shape index (κ3) is 1.23. The number of hydrogen-bond acceptors (Lipinski definition) is 5. The number of nitrogen functional groups attached to an aromatic ring is 1. The Kier molecular flexibility index (Phi) is 1.70. The highest BCUT2D eigenvalue weighted by molar-refractivity contribution is 5.80. The summed E-state index contributed by atoms with van der Waals surface area (Å²) in [5.41, 5.74) is 8.99. The van der Waals surface area contributed by atoms with Crippen LogP contribution in [0.15, 0.2) is 22.8 Å². The zero-order valence-corrected chi connectivity index (χ0v) is 8.56. The molecule has 6 nitrogen and oxygen atoms in total. The number of imidazole rings is 1. The van der Waals surface area contributed by atoms with E-state index in [0.717, 1.165) is 16.6 Å². The zero-order valence-electron chi connectivity index (χ0n) is 8.56. The fourth-order valence-electron chi connectivity index (χ4n) is 1.59. The number of aromatic nitrogens is 4. The van der Waals surface area contributed by atoms with Gasteiger partial charge in [0.1, 0.15) is 0 Å². The molecule has 3 N–H and O–H groups in total. The standard InChI is InChI=1S/C10H9N5O/c1-5-2-3-6-7(4-5)13-10(12-6)8-9(11)15-16-14-8/h2-4H,1H3,(H2,11,15)(H,12,13). The first-order chi connectivity index (χ1) is 7.74. The summed E-state index contributed by atoms with van der Waals surface area (Å²) in [5.74, 6) is 0.801. The van der Waals surface area contributed by atoms with Crippen LogP contribution < -0.4 is 5.73 Å². The van der Waals surface area contributed by atoms with Gasteiger partial charge >= 0.3 is 0 Å². The van der Waals surface area contributed by atoms with Gasteiger partial charge in [-0.2, -0.15) is 0 Å². The summed E-state index contributed by atoms with van der Waals surface area (Å²) < 4.78 is 4.53. The van der Waals surface area contributed by atoms with Crippen molar-refractivity contribution in [2.24, 2.45) is 0 Å². The van der Waals surface area contributed by atoms with Crippen LogP contribution >= 0.6 is 0 Å². The van der Waals surface area contributed by atoms with Crippen molar-refractivity contribution in [3.05, 3.63) is 23.8 Å². The van der Waals surface area contributed by atoms with Crippen LogP contribution in [0.1, 0.15) is 5.56 Å². The summed E-state index contributed by atoms with van der Waals surface area (Å²) in [7, 11) is 0. The molecule has 1 aromatic carbocycles. The Morgan fingerprint density at radius 2 is 2.19 bits per heavy atom. The first-order valence-electron chi connectivity index (χ1n) is 4.79. The zero-order chi connectivity index (χ0) is 11.1. The molecule has 0 aliphatic carbocycles. The van der Waals surface area contributed by atoms with Gasteiger partial charge in [-0.15, -0.1) is 0 Å². The van der Waals surface area contributed by atoms with E-state index in [-0.39, 0.29) is 5.82 Å². The Morgan fingerprint density at radius 1 is 1.31 bits per heavy atom.